The number of hydrogen-bond acceptors (Lipinski definition) is 3. The van der Waals surface area contributed by atoms with E-state index in [-0.39, 0.29) is 5.92 Å². The molecule has 0 aromatic heterocycles. The highest BCUT2D eigenvalue weighted by Crippen LogP contribution is 2.25. The highest BCUT2D eigenvalue weighted by atomic mass is 16.3. The molecule has 2 atom stereocenters. The number of hydrogen-bond donors (Lipinski definition) is 3. The molecule has 0 heterocycles. The zero-order valence-electron chi connectivity index (χ0n) is 10.8. The molecule has 17 heavy (non-hydrogen) atoms. The van der Waals surface area contributed by atoms with E-state index in [1.165, 1.54) is 0 Å². The SMILES string of the molecule is CC(=N)C(CC(O)C(C)(C)N)c1ccccc1. The minimum Gasteiger partial charge on any atom is -0.391 e. The van der Waals surface area contributed by atoms with Gasteiger partial charge in [-0.2, -0.15) is 0 Å². The molecule has 1 aromatic rings. The Bertz CT molecular complexity index is 368. The quantitative estimate of drug-likeness (QED) is 0.684. The number of aliphatic hydroxyl groups excluding tert-OH is 1. The fourth-order valence-electron chi connectivity index (χ4n) is 1.78. The first-order valence-electron chi connectivity index (χ1n) is 5.89. The first-order chi connectivity index (χ1) is 7.82. The van der Waals surface area contributed by atoms with Crippen molar-refractivity contribution in [3.8, 4) is 0 Å². The van der Waals surface area contributed by atoms with Crippen molar-refractivity contribution in [3.05, 3.63) is 35.9 Å². The molecular weight excluding hydrogens is 212 g/mol. The summed E-state index contributed by atoms with van der Waals surface area (Å²) in [6, 6.07) is 9.82. The molecule has 0 radical (unpaired) electrons. The van der Waals surface area contributed by atoms with Crippen LogP contribution in [-0.2, 0) is 0 Å². The first kappa shape index (κ1) is 13.9. The van der Waals surface area contributed by atoms with Crippen LogP contribution in [0, 0.1) is 5.41 Å². The molecular formula is C14H22N2O. The number of aliphatic hydroxyl groups is 1. The van der Waals surface area contributed by atoms with E-state index in [0.29, 0.717) is 12.1 Å². The average molecular weight is 234 g/mol. The van der Waals surface area contributed by atoms with E-state index >= 15 is 0 Å². The molecule has 0 spiro atoms. The average Bonchev–Trinajstić information content (AvgIpc) is 2.25. The van der Waals surface area contributed by atoms with Gasteiger partial charge in [0, 0.05) is 17.2 Å². The lowest BCUT2D eigenvalue weighted by Gasteiger charge is -2.29. The van der Waals surface area contributed by atoms with Crippen LogP contribution >= 0.6 is 0 Å². The van der Waals surface area contributed by atoms with Crippen LogP contribution in [0.2, 0.25) is 0 Å². The smallest absolute Gasteiger partial charge is 0.0723 e. The molecule has 2 unspecified atom stereocenters. The third-order valence-electron chi connectivity index (χ3n) is 3.04. The van der Waals surface area contributed by atoms with Gasteiger partial charge in [-0.25, -0.2) is 0 Å². The fraction of sp³-hybridized carbons (Fsp3) is 0.500. The Morgan fingerprint density at radius 2 is 1.88 bits per heavy atom. The molecule has 0 fully saturated rings. The topological polar surface area (TPSA) is 70.1 Å². The van der Waals surface area contributed by atoms with Crippen molar-refractivity contribution in [2.45, 2.75) is 44.8 Å². The van der Waals surface area contributed by atoms with Crippen molar-refractivity contribution in [2.75, 3.05) is 0 Å². The molecule has 0 amide bonds. The van der Waals surface area contributed by atoms with E-state index in [1.807, 2.05) is 30.3 Å². The van der Waals surface area contributed by atoms with E-state index in [0.717, 1.165) is 5.56 Å². The van der Waals surface area contributed by atoms with Gasteiger partial charge in [-0.05, 0) is 32.8 Å². The number of benzene rings is 1. The second-order valence-electron chi connectivity index (χ2n) is 5.22. The van der Waals surface area contributed by atoms with Crippen LogP contribution in [0.25, 0.3) is 0 Å². The lowest BCUT2D eigenvalue weighted by molar-refractivity contribution is 0.0932. The lowest BCUT2D eigenvalue weighted by atomic mass is 9.84. The minimum atomic E-state index is -0.636. The molecule has 0 aliphatic carbocycles. The first-order valence-corrected chi connectivity index (χ1v) is 5.89. The Hall–Kier alpha value is -1.19. The Balaban J connectivity index is 2.86. The van der Waals surface area contributed by atoms with Crippen molar-refractivity contribution < 1.29 is 5.11 Å². The van der Waals surface area contributed by atoms with Crippen LogP contribution in [0.4, 0.5) is 0 Å². The summed E-state index contributed by atoms with van der Waals surface area (Å²) in [4.78, 5) is 0. The van der Waals surface area contributed by atoms with Crippen molar-refractivity contribution >= 4 is 5.71 Å². The molecule has 0 saturated heterocycles. The van der Waals surface area contributed by atoms with E-state index < -0.39 is 11.6 Å². The molecule has 0 bridgehead atoms. The summed E-state index contributed by atoms with van der Waals surface area (Å²) in [5.74, 6) is -0.0611. The highest BCUT2D eigenvalue weighted by molar-refractivity contribution is 5.86. The standard InChI is InChI=1S/C14H22N2O/c1-10(15)12(9-13(17)14(2,3)16)11-7-5-4-6-8-11/h4-8,12-13,15,17H,9,16H2,1-3H3. The van der Waals surface area contributed by atoms with Crippen LogP contribution in [0.1, 0.15) is 38.7 Å². The molecule has 1 aromatic carbocycles. The monoisotopic (exact) mass is 234 g/mol. The summed E-state index contributed by atoms with van der Waals surface area (Å²) >= 11 is 0. The lowest BCUT2D eigenvalue weighted by Crippen LogP contribution is -2.46. The largest absolute Gasteiger partial charge is 0.391 e. The van der Waals surface area contributed by atoms with E-state index in [1.54, 1.807) is 20.8 Å². The van der Waals surface area contributed by atoms with Crippen LogP contribution < -0.4 is 5.73 Å². The van der Waals surface area contributed by atoms with Crippen LogP contribution in [0.15, 0.2) is 30.3 Å². The van der Waals surface area contributed by atoms with Gasteiger partial charge >= 0.3 is 0 Å². The zero-order valence-corrected chi connectivity index (χ0v) is 10.8. The van der Waals surface area contributed by atoms with Crippen molar-refractivity contribution in [2.24, 2.45) is 5.73 Å². The second-order valence-corrected chi connectivity index (χ2v) is 5.22. The molecule has 0 aliphatic rings. The molecule has 3 nitrogen and oxygen atoms in total. The maximum atomic E-state index is 10.0. The van der Waals surface area contributed by atoms with Crippen molar-refractivity contribution in [3.63, 3.8) is 0 Å². The van der Waals surface area contributed by atoms with Crippen LogP contribution in [-0.4, -0.2) is 22.5 Å². The summed E-state index contributed by atoms with van der Waals surface area (Å²) in [7, 11) is 0. The summed E-state index contributed by atoms with van der Waals surface area (Å²) < 4.78 is 0. The predicted octanol–water partition coefficient (Wildman–Crippen LogP) is 2.30. The normalized spacial score (nSPS) is 15.4. The minimum absolute atomic E-state index is 0.0611. The number of rotatable bonds is 5. The van der Waals surface area contributed by atoms with Gasteiger partial charge < -0.3 is 16.2 Å². The van der Waals surface area contributed by atoms with Gasteiger partial charge in [0.2, 0.25) is 0 Å². The van der Waals surface area contributed by atoms with Crippen LogP contribution in [0.5, 0.6) is 0 Å². The molecule has 4 N–H and O–H groups in total. The fourth-order valence-corrected chi connectivity index (χ4v) is 1.78. The predicted molar refractivity (Wildman–Crippen MR) is 71.5 cm³/mol. The van der Waals surface area contributed by atoms with E-state index in [9.17, 15) is 5.11 Å². The van der Waals surface area contributed by atoms with Gasteiger partial charge in [-0.3, -0.25) is 0 Å². The molecule has 0 aliphatic heterocycles. The van der Waals surface area contributed by atoms with Gasteiger partial charge in [0.1, 0.15) is 0 Å². The Labute approximate surface area is 103 Å². The Morgan fingerprint density at radius 3 is 2.29 bits per heavy atom. The summed E-state index contributed by atoms with van der Waals surface area (Å²) in [5, 5.41) is 17.9. The summed E-state index contributed by atoms with van der Waals surface area (Å²) in [6.07, 6.45) is -0.129. The van der Waals surface area contributed by atoms with Gasteiger partial charge in [-0.15, -0.1) is 0 Å². The zero-order chi connectivity index (χ0) is 13.1. The van der Waals surface area contributed by atoms with Gasteiger partial charge in [0.05, 0.1) is 6.10 Å². The third kappa shape index (κ3) is 3.95. The second kappa shape index (κ2) is 5.43. The van der Waals surface area contributed by atoms with E-state index in [4.69, 9.17) is 11.1 Å². The van der Waals surface area contributed by atoms with Gasteiger partial charge in [-0.1, -0.05) is 30.3 Å². The molecule has 1 rings (SSSR count). The molecule has 0 saturated carbocycles. The summed E-state index contributed by atoms with van der Waals surface area (Å²) in [5.41, 5.74) is 6.86. The van der Waals surface area contributed by atoms with Crippen molar-refractivity contribution in [1.29, 1.82) is 5.41 Å². The number of nitrogens with two attached hydrogens (primary N) is 1. The third-order valence-corrected chi connectivity index (χ3v) is 3.04. The number of nitrogens with one attached hydrogen (secondary N) is 1. The maximum Gasteiger partial charge on any atom is 0.0723 e. The van der Waals surface area contributed by atoms with Gasteiger partial charge in [0.25, 0.3) is 0 Å². The highest BCUT2D eigenvalue weighted by Gasteiger charge is 2.27. The maximum absolute atomic E-state index is 10.0. The van der Waals surface area contributed by atoms with Crippen molar-refractivity contribution in [1.82, 2.24) is 0 Å². The molecule has 94 valence electrons. The summed E-state index contributed by atoms with van der Waals surface area (Å²) in [6.45, 7) is 5.38. The molecule has 3 heteroatoms. The Morgan fingerprint density at radius 1 is 1.35 bits per heavy atom. The van der Waals surface area contributed by atoms with Crippen LogP contribution in [0.3, 0.4) is 0 Å². The Kier molecular flexibility index (Phi) is 4.43. The van der Waals surface area contributed by atoms with Gasteiger partial charge in [0.15, 0.2) is 0 Å². The van der Waals surface area contributed by atoms with E-state index in [2.05, 4.69) is 0 Å².